The lowest BCUT2D eigenvalue weighted by molar-refractivity contribution is -0.150. The number of carbonyl (C=O) groups excluding carboxylic acids is 2. The number of nitrogens with two attached hydrogens (primary N) is 1. The number of carbonyl (C=O) groups is 2. The summed E-state index contributed by atoms with van der Waals surface area (Å²) in [5.41, 5.74) is 9.09. The molecule has 1 aromatic carbocycles. The number of likely N-dealkylation sites (tertiary alicyclic amines) is 1. The van der Waals surface area contributed by atoms with Crippen LogP contribution in [0.15, 0.2) is 24.3 Å². The van der Waals surface area contributed by atoms with E-state index in [0.717, 1.165) is 25.1 Å². The van der Waals surface area contributed by atoms with Crippen LogP contribution in [0.3, 0.4) is 0 Å². The van der Waals surface area contributed by atoms with E-state index >= 15 is 0 Å². The van der Waals surface area contributed by atoms with Gasteiger partial charge in [-0.05, 0) is 18.4 Å². The quantitative estimate of drug-likeness (QED) is 0.756. The Balaban J connectivity index is 1.73. The van der Waals surface area contributed by atoms with Crippen LogP contribution >= 0.6 is 0 Å². The average molecular weight is 300 g/mol. The molecular formula is C16H20N4O2. The van der Waals surface area contributed by atoms with Gasteiger partial charge in [0, 0.05) is 31.6 Å². The lowest BCUT2D eigenvalue weighted by Crippen LogP contribution is -2.69. The molecule has 0 saturated carbocycles. The summed E-state index contributed by atoms with van der Waals surface area (Å²) in [5.74, 6) is -1.15. The number of imide groups is 1. The van der Waals surface area contributed by atoms with Crippen molar-refractivity contribution in [2.75, 3.05) is 13.1 Å². The van der Waals surface area contributed by atoms with Crippen molar-refractivity contribution in [3.8, 4) is 0 Å². The topological polar surface area (TPSA) is 78.7 Å². The zero-order valence-electron chi connectivity index (χ0n) is 12.4. The summed E-state index contributed by atoms with van der Waals surface area (Å²) >= 11 is 0. The van der Waals surface area contributed by atoms with Crippen molar-refractivity contribution in [3.63, 3.8) is 0 Å². The van der Waals surface area contributed by atoms with E-state index in [9.17, 15) is 9.59 Å². The number of piperidine rings is 1. The van der Waals surface area contributed by atoms with Crippen LogP contribution in [0.2, 0.25) is 0 Å². The Labute approximate surface area is 129 Å². The summed E-state index contributed by atoms with van der Waals surface area (Å²) in [6, 6.07) is 7.77. The van der Waals surface area contributed by atoms with Crippen molar-refractivity contribution in [2.24, 2.45) is 5.73 Å². The van der Waals surface area contributed by atoms with Crippen LogP contribution in [0.1, 0.15) is 30.4 Å². The van der Waals surface area contributed by atoms with Crippen molar-refractivity contribution < 1.29 is 9.59 Å². The van der Waals surface area contributed by atoms with Crippen LogP contribution in [0.5, 0.6) is 0 Å². The molecule has 3 heterocycles. The molecule has 0 radical (unpaired) electrons. The number of hydrogen-bond acceptors (Lipinski definition) is 5. The second-order valence-electron chi connectivity index (χ2n) is 6.32. The first-order valence-electron chi connectivity index (χ1n) is 7.83. The van der Waals surface area contributed by atoms with Crippen molar-refractivity contribution in [1.82, 2.24) is 15.1 Å². The molecule has 6 heteroatoms. The number of rotatable bonds is 2. The Morgan fingerprint density at radius 3 is 2.68 bits per heavy atom. The Hall–Kier alpha value is -1.76. The molecule has 1 aromatic rings. The Kier molecular flexibility index (Phi) is 3.07. The van der Waals surface area contributed by atoms with E-state index in [0.29, 0.717) is 19.4 Å². The van der Waals surface area contributed by atoms with E-state index in [1.807, 2.05) is 12.1 Å². The third-order valence-electron chi connectivity index (χ3n) is 5.12. The molecular weight excluding hydrogens is 280 g/mol. The Morgan fingerprint density at radius 2 is 2.00 bits per heavy atom. The Bertz CT molecular complexity index is 643. The highest BCUT2D eigenvalue weighted by atomic mass is 16.2. The number of fused-ring (bicyclic) bond motifs is 1. The van der Waals surface area contributed by atoms with Gasteiger partial charge in [0.25, 0.3) is 0 Å². The molecule has 0 aromatic heterocycles. The normalized spacial score (nSPS) is 32.5. The van der Waals surface area contributed by atoms with Gasteiger partial charge in [-0.25, -0.2) is 0 Å². The van der Waals surface area contributed by atoms with Crippen LogP contribution < -0.4 is 11.1 Å². The van der Waals surface area contributed by atoms with Crippen LogP contribution in [0.25, 0.3) is 0 Å². The minimum atomic E-state index is -0.739. The lowest BCUT2D eigenvalue weighted by Gasteiger charge is -2.51. The first kappa shape index (κ1) is 13.9. The first-order chi connectivity index (χ1) is 10.6. The molecule has 3 aliphatic heterocycles. The predicted molar refractivity (Wildman–Crippen MR) is 80.2 cm³/mol. The molecule has 2 saturated heterocycles. The minimum absolute atomic E-state index is 0.190. The summed E-state index contributed by atoms with van der Waals surface area (Å²) in [7, 11) is 0. The van der Waals surface area contributed by atoms with Crippen molar-refractivity contribution in [2.45, 2.75) is 37.6 Å². The van der Waals surface area contributed by atoms with E-state index < -0.39 is 5.79 Å². The van der Waals surface area contributed by atoms with E-state index in [2.05, 4.69) is 27.2 Å². The minimum Gasteiger partial charge on any atom is -0.297 e. The molecule has 116 valence electrons. The zero-order chi connectivity index (χ0) is 15.3. The van der Waals surface area contributed by atoms with Gasteiger partial charge in [0.1, 0.15) is 0 Å². The van der Waals surface area contributed by atoms with Crippen LogP contribution in [0.4, 0.5) is 0 Å². The summed E-state index contributed by atoms with van der Waals surface area (Å²) in [4.78, 5) is 28.0. The maximum Gasteiger partial charge on any atom is 0.244 e. The van der Waals surface area contributed by atoms with Crippen molar-refractivity contribution >= 4 is 11.8 Å². The summed E-state index contributed by atoms with van der Waals surface area (Å²) in [6.07, 6.45) is 2.04. The van der Waals surface area contributed by atoms with Gasteiger partial charge in [0.2, 0.25) is 11.8 Å². The van der Waals surface area contributed by atoms with Crippen LogP contribution in [0, 0.1) is 0 Å². The molecule has 2 amide bonds. The van der Waals surface area contributed by atoms with Gasteiger partial charge >= 0.3 is 0 Å². The summed E-state index contributed by atoms with van der Waals surface area (Å²) in [6.45, 7) is 2.53. The molecule has 3 aliphatic rings. The number of amides is 2. The van der Waals surface area contributed by atoms with Crippen LogP contribution in [-0.4, -0.2) is 40.7 Å². The lowest BCUT2D eigenvalue weighted by atomic mass is 9.99. The van der Waals surface area contributed by atoms with Gasteiger partial charge in [-0.2, -0.15) is 0 Å². The van der Waals surface area contributed by atoms with E-state index in [1.165, 1.54) is 5.56 Å². The second kappa shape index (κ2) is 4.87. The summed E-state index contributed by atoms with van der Waals surface area (Å²) < 4.78 is 0. The van der Waals surface area contributed by atoms with Gasteiger partial charge in [0.05, 0.1) is 6.04 Å². The van der Waals surface area contributed by atoms with E-state index in [1.54, 1.807) is 0 Å². The van der Waals surface area contributed by atoms with E-state index in [4.69, 9.17) is 5.73 Å². The van der Waals surface area contributed by atoms with Crippen LogP contribution in [-0.2, 0) is 21.9 Å². The largest absolute Gasteiger partial charge is 0.297 e. The fraction of sp³-hybridized carbons (Fsp3) is 0.500. The fourth-order valence-corrected chi connectivity index (χ4v) is 3.81. The molecule has 3 N–H and O–H groups in total. The van der Waals surface area contributed by atoms with Gasteiger partial charge in [-0.1, -0.05) is 24.3 Å². The molecule has 2 atom stereocenters. The maximum absolute atomic E-state index is 12.3. The molecule has 0 spiro atoms. The Morgan fingerprint density at radius 1 is 1.23 bits per heavy atom. The number of nitrogens with one attached hydrogen (secondary N) is 1. The first-order valence-corrected chi connectivity index (χ1v) is 7.83. The standard InChI is InChI=1S/C16H20N4O2/c17-16(19-8-3-9-19)12-5-2-1-4-11(12)10-20(16)13-6-7-14(21)18-15(13)22/h1-2,4-5,13H,3,6-10,17H2,(H,18,21,22). The number of nitrogens with zero attached hydrogens (tertiary/aromatic N) is 2. The van der Waals surface area contributed by atoms with Crippen molar-refractivity contribution in [3.05, 3.63) is 35.4 Å². The monoisotopic (exact) mass is 300 g/mol. The highest BCUT2D eigenvalue weighted by Crippen LogP contribution is 2.42. The maximum atomic E-state index is 12.3. The SMILES string of the molecule is NC1(N2CCC2)c2ccccc2CN1C1CCC(=O)NC1=O. The van der Waals surface area contributed by atoms with Gasteiger partial charge in [-0.15, -0.1) is 0 Å². The molecule has 22 heavy (non-hydrogen) atoms. The van der Waals surface area contributed by atoms with E-state index in [-0.39, 0.29) is 17.9 Å². The predicted octanol–water partition coefficient (Wildman–Crippen LogP) is 0.0821. The molecule has 2 unspecified atom stereocenters. The van der Waals surface area contributed by atoms with Crippen molar-refractivity contribution in [1.29, 1.82) is 0 Å². The molecule has 0 bridgehead atoms. The fourth-order valence-electron chi connectivity index (χ4n) is 3.81. The number of hydrogen-bond donors (Lipinski definition) is 2. The highest BCUT2D eigenvalue weighted by Gasteiger charge is 2.52. The molecule has 4 rings (SSSR count). The molecule has 2 fully saturated rings. The van der Waals surface area contributed by atoms with Gasteiger partial charge in [0.15, 0.2) is 5.79 Å². The van der Waals surface area contributed by atoms with Gasteiger partial charge < -0.3 is 0 Å². The molecule has 0 aliphatic carbocycles. The third kappa shape index (κ3) is 1.84. The molecule has 6 nitrogen and oxygen atoms in total. The smallest absolute Gasteiger partial charge is 0.244 e. The highest BCUT2D eigenvalue weighted by molar-refractivity contribution is 6.00. The second-order valence-corrected chi connectivity index (χ2v) is 6.32. The van der Waals surface area contributed by atoms with Gasteiger partial charge in [-0.3, -0.25) is 30.4 Å². The average Bonchev–Trinajstić information content (AvgIpc) is 2.71. The zero-order valence-corrected chi connectivity index (χ0v) is 12.4. The third-order valence-corrected chi connectivity index (χ3v) is 5.12. The summed E-state index contributed by atoms with van der Waals surface area (Å²) in [5, 5.41) is 2.45. The number of benzene rings is 1.